The minimum Gasteiger partial charge on any atom is -0.481 e. The SMILES string of the molecule is O=C(O)C1CCc2sc(NCCc3ccco3)nc21. The predicted molar refractivity (Wildman–Crippen MR) is 71.7 cm³/mol. The fourth-order valence-corrected chi connectivity index (χ4v) is 3.35. The van der Waals surface area contributed by atoms with Gasteiger partial charge in [-0.25, -0.2) is 4.98 Å². The standard InChI is InChI=1S/C13H14N2O3S/c16-12(17)9-3-4-10-11(9)15-13(19-10)14-6-5-8-2-1-7-18-8/h1-2,7,9H,3-6H2,(H,14,15)(H,16,17). The fraction of sp³-hybridized carbons (Fsp3) is 0.385. The Morgan fingerprint density at radius 1 is 1.63 bits per heavy atom. The Morgan fingerprint density at radius 2 is 2.53 bits per heavy atom. The number of furan rings is 1. The van der Waals surface area contributed by atoms with E-state index in [1.165, 1.54) is 0 Å². The maximum Gasteiger partial charge on any atom is 0.312 e. The van der Waals surface area contributed by atoms with Gasteiger partial charge in [0.2, 0.25) is 0 Å². The van der Waals surface area contributed by atoms with Gasteiger partial charge in [0, 0.05) is 17.8 Å². The number of hydrogen-bond acceptors (Lipinski definition) is 5. The molecule has 1 atom stereocenters. The first-order valence-corrected chi connectivity index (χ1v) is 7.04. The quantitative estimate of drug-likeness (QED) is 0.879. The zero-order valence-corrected chi connectivity index (χ0v) is 11.1. The van der Waals surface area contributed by atoms with E-state index in [0.717, 1.165) is 40.8 Å². The van der Waals surface area contributed by atoms with Crippen molar-refractivity contribution in [3.63, 3.8) is 0 Å². The van der Waals surface area contributed by atoms with Crippen LogP contribution < -0.4 is 5.32 Å². The van der Waals surface area contributed by atoms with E-state index in [1.807, 2.05) is 12.1 Å². The number of nitrogens with zero attached hydrogens (tertiary/aromatic N) is 1. The molecule has 19 heavy (non-hydrogen) atoms. The van der Waals surface area contributed by atoms with Gasteiger partial charge in [-0.2, -0.15) is 0 Å². The van der Waals surface area contributed by atoms with Gasteiger partial charge in [0.15, 0.2) is 5.13 Å². The van der Waals surface area contributed by atoms with Crippen molar-refractivity contribution in [1.82, 2.24) is 4.98 Å². The van der Waals surface area contributed by atoms with Crippen LogP contribution in [-0.4, -0.2) is 22.6 Å². The van der Waals surface area contributed by atoms with Gasteiger partial charge < -0.3 is 14.8 Å². The van der Waals surface area contributed by atoms with Crippen molar-refractivity contribution in [2.24, 2.45) is 0 Å². The number of hydrogen-bond donors (Lipinski definition) is 2. The molecular formula is C13H14N2O3S. The molecule has 1 unspecified atom stereocenters. The molecule has 2 aromatic heterocycles. The molecule has 0 amide bonds. The second-order valence-electron chi connectivity index (χ2n) is 4.51. The zero-order chi connectivity index (χ0) is 13.2. The lowest BCUT2D eigenvalue weighted by molar-refractivity contribution is -0.138. The Kier molecular flexibility index (Phi) is 3.25. The molecule has 0 aliphatic heterocycles. The van der Waals surface area contributed by atoms with Gasteiger partial charge in [-0.05, 0) is 25.0 Å². The first-order chi connectivity index (χ1) is 9.24. The molecule has 0 radical (unpaired) electrons. The molecule has 6 heteroatoms. The third kappa shape index (κ3) is 2.49. The van der Waals surface area contributed by atoms with E-state index in [4.69, 9.17) is 9.52 Å². The Morgan fingerprint density at radius 3 is 3.26 bits per heavy atom. The highest BCUT2D eigenvalue weighted by molar-refractivity contribution is 7.15. The second kappa shape index (κ2) is 5.05. The van der Waals surface area contributed by atoms with Crippen LogP contribution in [0.15, 0.2) is 22.8 Å². The summed E-state index contributed by atoms with van der Waals surface area (Å²) in [5, 5.41) is 13.1. The van der Waals surface area contributed by atoms with E-state index < -0.39 is 11.9 Å². The molecule has 2 heterocycles. The van der Waals surface area contributed by atoms with E-state index in [0.29, 0.717) is 6.42 Å². The topological polar surface area (TPSA) is 75.4 Å². The summed E-state index contributed by atoms with van der Waals surface area (Å²) in [5.74, 6) is -0.266. The van der Waals surface area contributed by atoms with Gasteiger partial charge in [-0.15, -0.1) is 11.3 Å². The van der Waals surface area contributed by atoms with E-state index >= 15 is 0 Å². The number of anilines is 1. The highest BCUT2D eigenvalue weighted by atomic mass is 32.1. The molecule has 2 N–H and O–H groups in total. The van der Waals surface area contributed by atoms with Crippen LogP contribution >= 0.6 is 11.3 Å². The monoisotopic (exact) mass is 278 g/mol. The van der Waals surface area contributed by atoms with Crippen LogP contribution in [0.2, 0.25) is 0 Å². The smallest absolute Gasteiger partial charge is 0.312 e. The maximum atomic E-state index is 11.1. The highest BCUT2D eigenvalue weighted by Gasteiger charge is 2.32. The van der Waals surface area contributed by atoms with Crippen LogP contribution in [0.3, 0.4) is 0 Å². The number of thiazole rings is 1. The molecule has 5 nitrogen and oxygen atoms in total. The summed E-state index contributed by atoms with van der Waals surface area (Å²) in [7, 11) is 0. The minimum absolute atomic E-state index is 0.424. The minimum atomic E-state index is -0.772. The summed E-state index contributed by atoms with van der Waals surface area (Å²) in [6.07, 6.45) is 3.95. The second-order valence-corrected chi connectivity index (χ2v) is 5.60. The van der Waals surface area contributed by atoms with Gasteiger partial charge in [0.1, 0.15) is 11.7 Å². The number of carbonyl (C=O) groups is 1. The molecule has 0 bridgehead atoms. The average Bonchev–Trinajstić information content (AvgIpc) is 3.03. The highest BCUT2D eigenvalue weighted by Crippen LogP contribution is 2.38. The van der Waals surface area contributed by atoms with E-state index in [1.54, 1.807) is 17.6 Å². The van der Waals surface area contributed by atoms with Crippen LogP contribution in [0, 0.1) is 0 Å². The van der Waals surface area contributed by atoms with E-state index in [9.17, 15) is 4.79 Å². The summed E-state index contributed by atoms with van der Waals surface area (Å²) >= 11 is 1.56. The Labute approximate surface area is 114 Å². The summed E-state index contributed by atoms with van der Waals surface area (Å²) < 4.78 is 5.25. The number of nitrogens with one attached hydrogen (secondary N) is 1. The maximum absolute atomic E-state index is 11.1. The third-order valence-corrected chi connectivity index (χ3v) is 4.33. The first-order valence-electron chi connectivity index (χ1n) is 6.22. The molecule has 1 aliphatic rings. The van der Waals surface area contributed by atoms with Crippen molar-refractivity contribution in [1.29, 1.82) is 0 Å². The number of carboxylic acid groups (broad SMARTS) is 1. The lowest BCUT2D eigenvalue weighted by atomic mass is 10.1. The Bertz CT molecular complexity index is 577. The number of fused-ring (bicyclic) bond motifs is 1. The van der Waals surface area contributed by atoms with Crippen LogP contribution in [0.1, 0.15) is 28.7 Å². The number of carboxylic acids is 1. The molecule has 1 aliphatic carbocycles. The van der Waals surface area contributed by atoms with Crippen LogP contribution in [0.4, 0.5) is 5.13 Å². The fourth-order valence-electron chi connectivity index (χ4n) is 2.29. The third-order valence-electron chi connectivity index (χ3n) is 3.24. The normalized spacial score (nSPS) is 17.4. The number of aromatic nitrogens is 1. The molecule has 2 aromatic rings. The number of aliphatic carboxylic acids is 1. The van der Waals surface area contributed by atoms with E-state index in [2.05, 4.69) is 10.3 Å². The Balaban J connectivity index is 1.61. The summed E-state index contributed by atoms with van der Waals surface area (Å²) in [5.41, 5.74) is 0.748. The van der Waals surface area contributed by atoms with Crippen molar-refractivity contribution in [3.8, 4) is 0 Å². The van der Waals surface area contributed by atoms with Crippen molar-refractivity contribution >= 4 is 22.4 Å². The summed E-state index contributed by atoms with van der Waals surface area (Å²) in [4.78, 5) is 16.6. The van der Waals surface area contributed by atoms with Gasteiger partial charge in [-0.1, -0.05) is 0 Å². The predicted octanol–water partition coefficient (Wildman–Crippen LogP) is 2.51. The lowest BCUT2D eigenvalue weighted by Gasteiger charge is -2.03. The van der Waals surface area contributed by atoms with E-state index in [-0.39, 0.29) is 0 Å². The van der Waals surface area contributed by atoms with Gasteiger partial charge in [0.25, 0.3) is 0 Å². The molecule has 0 fully saturated rings. The van der Waals surface area contributed by atoms with Crippen LogP contribution in [-0.2, 0) is 17.6 Å². The molecule has 0 spiro atoms. The van der Waals surface area contributed by atoms with Crippen molar-refractivity contribution < 1.29 is 14.3 Å². The van der Waals surface area contributed by atoms with Crippen molar-refractivity contribution in [3.05, 3.63) is 34.7 Å². The molecule has 0 aromatic carbocycles. The van der Waals surface area contributed by atoms with Crippen LogP contribution in [0.5, 0.6) is 0 Å². The molecule has 0 saturated carbocycles. The van der Waals surface area contributed by atoms with Crippen molar-refractivity contribution in [2.45, 2.75) is 25.2 Å². The Hall–Kier alpha value is -1.82. The molecule has 0 saturated heterocycles. The average molecular weight is 278 g/mol. The van der Waals surface area contributed by atoms with Crippen LogP contribution in [0.25, 0.3) is 0 Å². The van der Waals surface area contributed by atoms with Crippen molar-refractivity contribution in [2.75, 3.05) is 11.9 Å². The number of rotatable bonds is 5. The lowest BCUT2D eigenvalue weighted by Crippen LogP contribution is -2.09. The van der Waals surface area contributed by atoms with Gasteiger partial charge >= 0.3 is 5.97 Å². The van der Waals surface area contributed by atoms with Gasteiger partial charge in [-0.3, -0.25) is 4.79 Å². The number of aryl methyl sites for hydroxylation is 1. The first kappa shape index (κ1) is 12.2. The largest absolute Gasteiger partial charge is 0.481 e. The molecule has 100 valence electrons. The summed E-state index contributed by atoms with van der Waals surface area (Å²) in [6.45, 7) is 0.734. The molecular weight excluding hydrogens is 264 g/mol. The summed E-state index contributed by atoms with van der Waals surface area (Å²) in [6, 6.07) is 3.80. The van der Waals surface area contributed by atoms with Gasteiger partial charge in [0.05, 0.1) is 12.0 Å². The zero-order valence-electron chi connectivity index (χ0n) is 10.3. The molecule has 3 rings (SSSR count).